The molecule has 1 atom stereocenters. The Labute approximate surface area is 109 Å². The van der Waals surface area contributed by atoms with Crippen LogP contribution in [0, 0.1) is 0 Å². The minimum absolute atomic E-state index is 0.191. The first-order valence-electron chi connectivity index (χ1n) is 6.60. The zero-order valence-corrected chi connectivity index (χ0v) is 12.0. The maximum Gasteiger partial charge on any atom is 0.0507 e. The number of likely N-dealkylation sites (tertiary alicyclic amines) is 1. The average molecular weight is 252 g/mol. The lowest BCUT2D eigenvalue weighted by molar-refractivity contribution is 0.0634. The van der Waals surface area contributed by atoms with Crippen LogP contribution in [0.5, 0.6) is 0 Å². The summed E-state index contributed by atoms with van der Waals surface area (Å²) in [4.78, 5) is 2.65. The lowest BCUT2D eigenvalue weighted by atomic mass is 9.87. The van der Waals surface area contributed by atoms with Crippen molar-refractivity contribution in [3.63, 3.8) is 0 Å². The number of thiophene rings is 1. The van der Waals surface area contributed by atoms with Crippen molar-refractivity contribution >= 4 is 11.3 Å². The Morgan fingerprint density at radius 1 is 1.29 bits per heavy atom. The van der Waals surface area contributed by atoms with Crippen LogP contribution >= 0.6 is 11.3 Å². The molecule has 2 heterocycles. The number of rotatable bonds is 4. The molecule has 0 bridgehead atoms. The zero-order chi connectivity index (χ0) is 12.3. The van der Waals surface area contributed by atoms with Gasteiger partial charge in [0.1, 0.15) is 0 Å². The van der Waals surface area contributed by atoms with Gasteiger partial charge < -0.3 is 5.32 Å². The van der Waals surface area contributed by atoms with E-state index in [0.717, 1.165) is 0 Å². The fraction of sp³-hybridized carbons (Fsp3) is 0.714. The van der Waals surface area contributed by atoms with Gasteiger partial charge in [-0.15, -0.1) is 0 Å². The van der Waals surface area contributed by atoms with E-state index in [-0.39, 0.29) is 5.54 Å². The first kappa shape index (κ1) is 13.1. The van der Waals surface area contributed by atoms with Crippen molar-refractivity contribution in [2.45, 2.75) is 44.7 Å². The first-order valence-corrected chi connectivity index (χ1v) is 7.55. The van der Waals surface area contributed by atoms with E-state index < -0.39 is 0 Å². The lowest BCUT2D eigenvalue weighted by Gasteiger charge is -2.45. The van der Waals surface area contributed by atoms with Gasteiger partial charge in [0.05, 0.1) is 6.04 Å². The van der Waals surface area contributed by atoms with Gasteiger partial charge in [-0.25, -0.2) is 0 Å². The zero-order valence-electron chi connectivity index (χ0n) is 11.2. The minimum atomic E-state index is 0.191. The second-order valence-corrected chi connectivity index (χ2v) is 6.26. The third kappa shape index (κ3) is 2.72. The standard InChI is InChI=1S/C14H24N2S/c1-14(2,16-8-5-4-6-9-16)13(15-3)12-7-10-17-11-12/h7,10-11,13,15H,4-6,8-9H2,1-3H3. The summed E-state index contributed by atoms with van der Waals surface area (Å²) in [5.41, 5.74) is 1.61. The number of nitrogens with one attached hydrogen (secondary N) is 1. The van der Waals surface area contributed by atoms with Crippen molar-refractivity contribution in [1.29, 1.82) is 0 Å². The molecule has 0 aromatic carbocycles. The molecule has 1 aliphatic heterocycles. The third-order valence-electron chi connectivity index (χ3n) is 4.04. The topological polar surface area (TPSA) is 15.3 Å². The molecule has 3 heteroatoms. The molecule has 2 rings (SSSR count). The smallest absolute Gasteiger partial charge is 0.0507 e. The molecule has 17 heavy (non-hydrogen) atoms. The minimum Gasteiger partial charge on any atom is -0.311 e. The second-order valence-electron chi connectivity index (χ2n) is 5.48. The highest BCUT2D eigenvalue weighted by Gasteiger charge is 2.36. The van der Waals surface area contributed by atoms with Gasteiger partial charge in [-0.1, -0.05) is 6.42 Å². The van der Waals surface area contributed by atoms with Crippen molar-refractivity contribution in [1.82, 2.24) is 10.2 Å². The van der Waals surface area contributed by atoms with Crippen LogP contribution in [0.3, 0.4) is 0 Å². The van der Waals surface area contributed by atoms with Crippen LogP contribution in [0.25, 0.3) is 0 Å². The van der Waals surface area contributed by atoms with E-state index in [4.69, 9.17) is 0 Å². The largest absolute Gasteiger partial charge is 0.311 e. The van der Waals surface area contributed by atoms with Gasteiger partial charge in [-0.2, -0.15) is 11.3 Å². The fourth-order valence-electron chi connectivity index (χ4n) is 3.02. The maximum atomic E-state index is 3.51. The van der Waals surface area contributed by atoms with Gasteiger partial charge >= 0.3 is 0 Å². The monoisotopic (exact) mass is 252 g/mol. The van der Waals surface area contributed by atoms with Gasteiger partial charge in [0.2, 0.25) is 0 Å². The number of nitrogens with zero attached hydrogens (tertiary/aromatic N) is 1. The molecule has 2 nitrogen and oxygen atoms in total. The van der Waals surface area contributed by atoms with Gasteiger partial charge in [-0.3, -0.25) is 4.90 Å². The molecule has 1 aliphatic rings. The number of piperidine rings is 1. The van der Waals surface area contributed by atoms with Crippen LogP contribution in [0.4, 0.5) is 0 Å². The highest BCUT2D eigenvalue weighted by atomic mass is 32.1. The van der Waals surface area contributed by atoms with E-state index in [1.165, 1.54) is 37.9 Å². The molecule has 1 saturated heterocycles. The summed E-state index contributed by atoms with van der Waals surface area (Å²) in [5.74, 6) is 0. The fourth-order valence-corrected chi connectivity index (χ4v) is 3.71. The normalized spacial score (nSPS) is 20.4. The van der Waals surface area contributed by atoms with Crippen LogP contribution in [0.15, 0.2) is 16.8 Å². The van der Waals surface area contributed by atoms with Crippen LogP contribution in [-0.4, -0.2) is 30.6 Å². The molecular formula is C14H24N2S. The van der Waals surface area contributed by atoms with Crippen molar-refractivity contribution < 1.29 is 0 Å². The Balaban J connectivity index is 2.16. The predicted octanol–water partition coefficient (Wildman–Crippen LogP) is 3.27. The van der Waals surface area contributed by atoms with Gasteiger partial charge in [0, 0.05) is 5.54 Å². The summed E-state index contributed by atoms with van der Waals surface area (Å²) >= 11 is 1.79. The number of likely N-dealkylation sites (N-methyl/N-ethyl adjacent to an activating group) is 1. The Hall–Kier alpha value is -0.380. The van der Waals surface area contributed by atoms with Crippen molar-refractivity contribution in [2.24, 2.45) is 0 Å². The van der Waals surface area contributed by atoms with Gasteiger partial charge in [0.15, 0.2) is 0 Å². The maximum absolute atomic E-state index is 3.51. The third-order valence-corrected chi connectivity index (χ3v) is 4.74. The van der Waals surface area contributed by atoms with E-state index in [2.05, 4.69) is 47.9 Å². The van der Waals surface area contributed by atoms with Crippen molar-refractivity contribution in [2.75, 3.05) is 20.1 Å². The van der Waals surface area contributed by atoms with Crippen molar-refractivity contribution in [3.8, 4) is 0 Å². The summed E-state index contributed by atoms with van der Waals surface area (Å²) in [5, 5.41) is 7.95. The molecule has 0 amide bonds. The Bertz CT molecular complexity index is 326. The Kier molecular flexibility index (Phi) is 4.23. The second kappa shape index (κ2) is 5.51. The highest BCUT2D eigenvalue weighted by molar-refractivity contribution is 7.07. The Morgan fingerprint density at radius 3 is 2.53 bits per heavy atom. The molecule has 1 N–H and O–H groups in total. The van der Waals surface area contributed by atoms with E-state index in [1.807, 2.05) is 0 Å². The van der Waals surface area contributed by atoms with E-state index in [9.17, 15) is 0 Å². The van der Waals surface area contributed by atoms with Crippen LogP contribution in [-0.2, 0) is 0 Å². The predicted molar refractivity (Wildman–Crippen MR) is 75.6 cm³/mol. The van der Waals surface area contributed by atoms with Crippen LogP contribution < -0.4 is 5.32 Å². The first-order chi connectivity index (χ1) is 8.16. The molecule has 0 spiro atoms. The molecule has 0 aliphatic carbocycles. The number of hydrogen-bond acceptors (Lipinski definition) is 3. The van der Waals surface area contributed by atoms with Gasteiger partial charge in [-0.05, 0) is 69.2 Å². The molecular weight excluding hydrogens is 228 g/mol. The molecule has 1 unspecified atom stereocenters. The average Bonchev–Trinajstić information content (AvgIpc) is 2.84. The molecule has 96 valence electrons. The van der Waals surface area contributed by atoms with Crippen LogP contribution in [0.2, 0.25) is 0 Å². The summed E-state index contributed by atoms with van der Waals surface area (Å²) in [6.07, 6.45) is 4.10. The summed E-state index contributed by atoms with van der Waals surface area (Å²) < 4.78 is 0. The summed E-state index contributed by atoms with van der Waals surface area (Å²) in [6.45, 7) is 7.24. The van der Waals surface area contributed by atoms with Crippen LogP contribution in [0.1, 0.15) is 44.7 Å². The SMILES string of the molecule is CNC(c1ccsc1)C(C)(C)N1CCCCC1. The van der Waals surface area contributed by atoms with Crippen molar-refractivity contribution in [3.05, 3.63) is 22.4 Å². The molecule has 1 aromatic rings. The molecule has 1 aromatic heterocycles. The molecule has 0 radical (unpaired) electrons. The summed E-state index contributed by atoms with van der Waals surface area (Å²) in [6, 6.07) is 2.67. The van der Waals surface area contributed by atoms with Gasteiger partial charge in [0.25, 0.3) is 0 Å². The lowest BCUT2D eigenvalue weighted by Crippen LogP contribution is -2.53. The van der Waals surface area contributed by atoms with E-state index in [1.54, 1.807) is 11.3 Å². The summed E-state index contributed by atoms with van der Waals surface area (Å²) in [7, 11) is 2.08. The Morgan fingerprint density at radius 2 is 2.00 bits per heavy atom. The highest BCUT2D eigenvalue weighted by Crippen LogP contribution is 2.33. The molecule has 0 saturated carbocycles. The quantitative estimate of drug-likeness (QED) is 0.885. The molecule has 1 fully saturated rings. The number of hydrogen-bond donors (Lipinski definition) is 1. The van der Waals surface area contributed by atoms with E-state index >= 15 is 0 Å². The van der Waals surface area contributed by atoms with E-state index in [0.29, 0.717) is 6.04 Å².